The summed E-state index contributed by atoms with van der Waals surface area (Å²) in [6.07, 6.45) is 6.49. The van der Waals surface area contributed by atoms with Gasteiger partial charge in [-0.15, -0.1) is 36.6 Å². The number of thioether (sulfide) groups is 1. The monoisotopic (exact) mass is 413 g/mol. The molecule has 142 valence electrons. The molecule has 0 aliphatic carbocycles. The molecule has 0 saturated carbocycles. The number of aromatic nitrogens is 1. The van der Waals surface area contributed by atoms with Crippen molar-refractivity contribution in [2.24, 2.45) is 5.92 Å². The summed E-state index contributed by atoms with van der Waals surface area (Å²) in [6.45, 7) is 2.06. The highest BCUT2D eigenvalue weighted by Crippen LogP contribution is 2.24. The number of pyridine rings is 1. The van der Waals surface area contributed by atoms with Crippen molar-refractivity contribution in [2.45, 2.75) is 29.9 Å². The molecule has 0 bridgehead atoms. The number of nitrogens with zero attached hydrogens (tertiary/aromatic N) is 1. The van der Waals surface area contributed by atoms with Crippen LogP contribution < -0.4 is 10.6 Å². The minimum Gasteiger partial charge on any atom is -0.326 e. The number of nitrogens with one attached hydrogen (secondary N) is 2. The Morgan fingerprint density at radius 3 is 2.54 bits per heavy atom. The van der Waals surface area contributed by atoms with Gasteiger partial charge in [0.15, 0.2) is 0 Å². The molecule has 0 atom stereocenters. The Morgan fingerprint density at radius 2 is 1.88 bits per heavy atom. The SMILES string of the molecule is Cl.Cl.O=C(CC1CCNCC1)Nc1ccc(SCc2cccnc2)cc1. The van der Waals surface area contributed by atoms with Gasteiger partial charge in [0.2, 0.25) is 5.91 Å². The third-order valence-corrected chi connectivity index (χ3v) is 5.28. The number of carbonyl (C=O) groups excluding carboxylic acids is 1. The molecular weight excluding hydrogens is 389 g/mol. The lowest BCUT2D eigenvalue weighted by Gasteiger charge is -2.21. The maximum absolute atomic E-state index is 12.1. The van der Waals surface area contributed by atoms with Crippen LogP contribution in [0.15, 0.2) is 53.7 Å². The smallest absolute Gasteiger partial charge is 0.224 e. The van der Waals surface area contributed by atoms with Gasteiger partial charge in [-0.05, 0) is 67.7 Å². The van der Waals surface area contributed by atoms with Gasteiger partial charge in [-0.2, -0.15) is 0 Å². The molecule has 0 spiro atoms. The zero-order valence-corrected chi connectivity index (χ0v) is 17.0. The lowest BCUT2D eigenvalue weighted by molar-refractivity contribution is -0.117. The van der Waals surface area contributed by atoms with Crippen LogP contribution in [0.4, 0.5) is 5.69 Å². The Kier molecular flexibility index (Phi) is 10.7. The third-order valence-electron chi connectivity index (χ3n) is 4.20. The quantitative estimate of drug-likeness (QED) is 0.682. The molecule has 2 heterocycles. The van der Waals surface area contributed by atoms with Crippen molar-refractivity contribution < 1.29 is 4.79 Å². The zero-order chi connectivity index (χ0) is 16.6. The number of hydrogen-bond acceptors (Lipinski definition) is 4. The van der Waals surface area contributed by atoms with E-state index in [-0.39, 0.29) is 30.7 Å². The fourth-order valence-corrected chi connectivity index (χ4v) is 3.68. The maximum atomic E-state index is 12.1. The first kappa shape index (κ1) is 22.8. The number of halogens is 2. The molecule has 4 nitrogen and oxygen atoms in total. The Morgan fingerprint density at radius 1 is 1.15 bits per heavy atom. The Hall–Kier alpha value is -1.27. The van der Waals surface area contributed by atoms with E-state index in [1.165, 1.54) is 10.5 Å². The Bertz CT molecular complexity index is 650. The van der Waals surface area contributed by atoms with Crippen LogP contribution in [0.25, 0.3) is 0 Å². The van der Waals surface area contributed by atoms with Crippen molar-refractivity contribution in [2.75, 3.05) is 18.4 Å². The van der Waals surface area contributed by atoms with Crippen molar-refractivity contribution in [1.82, 2.24) is 10.3 Å². The number of piperidine rings is 1. The molecule has 0 unspecified atom stereocenters. The largest absolute Gasteiger partial charge is 0.326 e. The van der Waals surface area contributed by atoms with Crippen LogP contribution in [-0.2, 0) is 10.5 Å². The van der Waals surface area contributed by atoms with Crippen LogP contribution in [0.3, 0.4) is 0 Å². The van der Waals surface area contributed by atoms with Crippen LogP contribution >= 0.6 is 36.6 Å². The summed E-state index contributed by atoms with van der Waals surface area (Å²) in [6, 6.07) is 12.1. The second-order valence-electron chi connectivity index (χ2n) is 6.12. The van der Waals surface area contributed by atoms with E-state index in [9.17, 15) is 4.79 Å². The summed E-state index contributed by atoms with van der Waals surface area (Å²) >= 11 is 1.77. The summed E-state index contributed by atoms with van der Waals surface area (Å²) in [7, 11) is 0. The summed E-state index contributed by atoms with van der Waals surface area (Å²) in [5.74, 6) is 1.54. The molecule has 1 aromatic carbocycles. The first-order chi connectivity index (χ1) is 11.8. The second kappa shape index (κ2) is 12.2. The van der Waals surface area contributed by atoms with E-state index in [4.69, 9.17) is 0 Å². The number of carbonyl (C=O) groups is 1. The maximum Gasteiger partial charge on any atom is 0.224 e. The molecule has 1 saturated heterocycles. The fraction of sp³-hybridized carbons (Fsp3) is 0.368. The predicted molar refractivity (Wildman–Crippen MR) is 114 cm³/mol. The van der Waals surface area contributed by atoms with Gasteiger partial charge in [0.25, 0.3) is 0 Å². The predicted octanol–water partition coefficient (Wildman–Crippen LogP) is 4.55. The lowest BCUT2D eigenvalue weighted by Crippen LogP contribution is -2.30. The van der Waals surface area contributed by atoms with E-state index in [0.29, 0.717) is 12.3 Å². The summed E-state index contributed by atoms with van der Waals surface area (Å²) < 4.78 is 0. The highest BCUT2D eigenvalue weighted by atomic mass is 35.5. The van der Waals surface area contributed by atoms with Crippen LogP contribution in [0, 0.1) is 5.92 Å². The van der Waals surface area contributed by atoms with E-state index in [2.05, 4.69) is 33.8 Å². The van der Waals surface area contributed by atoms with Gasteiger partial charge in [-0.25, -0.2) is 0 Å². The van der Waals surface area contributed by atoms with E-state index < -0.39 is 0 Å². The zero-order valence-electron chi connectivity index (χ0n) is 14.5. The first-order valence-corrected chi connectivity index (χ1v) is 9.40. The molecule has 7 heteroatoms. The summed E-state index contributed by atoms with van der Waals surface area (Å²) in [4.78, 5) is 17.4. The lowest BCUT2D eigenvalue weighted by atomic mass is 9.94. The number of rotatable bonds is 6. The van der Waals surface area contributed by atoms with Gasteiger partial charge in [0, 0.05) is 35.2 Å². The molecule has 1 aromatic heterocycles. The van der Waals surface area contributed by atoms with Gasteiger partial charge in [-0.1, -0.05) is 6.07 Å². The van der Waals surface area contributed by atoms with Gasteiger partial charge in [0.05, 0.1) is 0 Å². The van der Waals surface area contributed by atoms with E-state index in [1.54, 1.807) is 18.0 Å². The molecule has 1 aliphatic rings. The van der Waals surface area contributed by atoms with E-state index >= 15 is 0 Å². The summed E-state index contributed by atoms with van der Waals surface area (Å²) in [5, 5.41) is 6.34. The molecule has 0 radical (unpaired) electrons. The third kappa shape index (κ3) is 7.54. The highest BCUT2D eigenvalue weighted by molar-refractivity contribution is 7.98. The Balaban J connectivity index is 0.00000169. The van der Waals surface area contributed by atoms with Crippen LogP contribution in [0.5, 0.6) is 0 Å². The first-order valence-electron chi connectivity index (χ1n) is 8.42. The molecule has 2 aromatic rings. The molecule has 26 heavy (non-hydrogen) atoms. The fourth-order valence-electron chi connectivity index (χ4n) is 2.84. The second-order valence-corrected chi connectivity index (χ2v) is 7.17. The van der Waals surface area contributed by atoms with Crippen molar-refractivity contribution in [3.63, 3.8) is 0 Å². The number of hydrogen-bond donors (Lipinski definition) is 2. The van der Waals surface area contributed by atoms with Crippen LogP contribution in [0.1, 0.15) is 24.8 Å². The molecular formula is C19H25Cl2N3OS. The Labute approximate surface area is 171 Å². The van der Waals surface area contributed by atoms with Crippen molar-refractivity contribution in [3.8, 4) is 0 Å². The number of amides is 1. The number of anilines is 1. The topological polar surface area (TPSA) is 54.0 Å². The van der Waals surface area contributed by atoms with Crippen LogP contribution in [-0.4, -0.2) is 24.0 Å². The molecule has 1 fully saturated rings. The normalized spacial score (nSPS) is 14.0. The minimum atomic E-state index is 0. The number of benzene rings is 1. The highest BCUT2D eigenvalue weighted by Gasteiger charge is 2.16. The van der Waals surface area contributed by atoms with Crippen molar-refractivity contribution in [1.29, 1.82) is 0 Å². The van der Waals surface area contributed by atoms with Crippen LogP contribution in [0.2, 0.25) is 0 Å². The van der Waals surface area contributed by atoms with Crippen molar-refractivity contribution >= 4 is 48.2 Å². The standard InChI is InChI=1S/C19H23N3OS.2ClH/c23-19(12-15-7-10-20-11-8-15)22-17-3-5-18(6-4-17)24-14-16-2-1-9-21-13-16;;/h1-6,9,13,15,20H,7-8,10-12,14H2,(H,22,23);2*1H. The molecule has 2 N–H and O–H groups in total. The van der Waals surface area contributed by atoms with Gasteiger partial charge in [-0.3, -0.25) is 9.78 Å². The average molecular weight is 414 g/mol. The molecule has 3 rings (SSSR count). The van der Waals surface area contributed by atoms with Gasteiger partial charge in [0.1, 0.15) is 0 Å². The average Bonchev–Trinajstić information content (AvgIpc) is 2.63. The summed E-state index contributed by atoms with van der Waals surface area (Å²) in [5.41, 5.74) is 2.08. The van der Waals surface area contributed by atoms with Crippen molar-refractivity contribution in [3.05, 3.63) is 54.4 Å². The minimum absolute atomic E-state index is 0. The van der Waals surface area contributed by atoms with Gasteiger partial charge >= 0.3 is 0 Å². The molecule has 1 aliphatic heterocycles. The van der Waals surface area contributed by atoms with E-state index in [1.807, 2.05) is 24.4 Å². The van der Waals surface area contributed by atoms with Gasteiger partial charge < -0.3 is 10.6 Å². The molecule has 1 amide bonds. The van der Waals surface area contributed by atoms with E-state index in [0.717, 1.165) is 37.4 Å².